The number of amides is 5. The third-order valence-electron chi connectivity index (χ3n) is 11.6. The number of nitrogens with two attached hydrogens (primary N) is 4. The SMILES string of the molecule is CCCCCCCCCCCCCCCCCC(=O)N[C@@H](CCCN=C(N)N)C(=O)N1CCC[C@H]1C(=O)N[C@@H](Cc1ccccc1)C(=O)N[C@@H](CCCN=C(N)N)C(=O)N[C@@H](C)C(=O)O. The Balaban J connectivity index is 2.08. The number of carboxylic acids is 1. The number of unbranched alkanes of at least 4 members (excludes halogenated alkanes) is 14. The highest BCUT2D eigenvalue weighted by Crippen LogP contribution is 2.21. The number of aliphatic carboxylic acids is 1. The Kier molecular flexibility index (Phi) is 28.4. The third kappa shape index (κ3) is 24.4. The lowest BCUT2D eigenvalue weighted by Crippen LogP contribution is -2.58. The number of carboxylic acid groups (broad SMARTS) is 1. The number of benzene rings is 1. The molecule has 0 aromatic heterocycles. The molecular formula is C47H81N11O7. The lowest BCUT2D eigenvalue weighted by molar-refractivity contribution is -0.142. The van der Waals surface area contributed by atoms with Crippen molar-refractivity contribution in [2.45, 2.75) is 192 Å². The van der Waals surface area contributed by atoms with E-state index in [1.54, 1.807) is 24.3 Å². The number of hydrogen-bond acceptors (Lipinski definition) is 8. The monoisotopic (exact) mass is 912 g/mol. The van der Waals surface area contributed by atoms with Crippen LogP contribution in [0, 0.1) is 0 Å². The van der Waals surface area contributed by atoms with E-state index in [-0.39, 0.29) is 69.6 Å². The van der Waals surface area contributed by atoms with Gasteiger partial charge in [-0.1, -0.05) is 127 Å². The summed E-state index contributed by atoms with van der Waals surface area (Å²) in [5.74, 6) is -4.12. The van der Waals surface area contributed by atoms with Crippen LogP contribution in [0.25, 0.3) is 0 Å². The molecule has 5 atom stereocenters. The number of guanidine groups is 2. The van der Waals surface area contributed by atoms with Crippen molar-refractivity contribution in [3.8, 4) is 0 Å². The Morgan fingerprint density at radius 1 is 0.662 bits per heavy atom. The minimum absolute atomic E-state index is 0.0513. The zero-order valence-corrected chi connectivity index (χ0v) is 39.2. The molecule has 5 amide bonds. The van der Waals surface area contributed by atoms with E-state index in [2.05, 4.69) is 38.2 Å². The van der Waals surface area contributed by atoms with Gasteiger partial charge in [0.05, 0.1) is 0 Å². The number of likely N-dealkylation sites (tertiary alicyclic amines) is 1. The Morgan fingerprint density at radius 2 is 1.17 bits per heavy atom. The largest absolute Gasteiger partial charge is 0.480 e. The maximum Gasteiger partial charge on any atom is 0.325 e. The van der Waals surface area contributed by atoms with Crippen molar-refractivity contribution >= 4 is 47.4 Å². The molecule has 2 rings (SSSR count). The molecule has 18 heteroatoms. The third-order valence-corrected chi connectivity index (χ3v) is 11.6. The Bertz CT molecular complexity index is 1640. The highest BCUT2D eigenvalue weighted by molar-refractivity contribution is 5.96. The number of nitrogens with one attached hydrogen (secondary N) is 4. The summed E-state index contributed by atoms with van der Waals surface area (Å²) in [5.41, 5.74) is 22.6. The fourth-order valence-electron chi connectivity index (χ4n) is 7.93. The molecule has 65 heavy (non-hydrogen) atoms. The lowest BCUT2D eigenvalue weighted by Gasteiger charge is -2.30. The molecule has 0 aliphatic carbocycles. The topological polar surface area (TPSA) is 303 Å². The standard InChI is InChI=1S/C47H81N11O7/c1-3-4-5-6-7-8-9-10-11-12-13-14-15-16-20-29-40(59)55-37(27-22-31-53-47(50)51)44(63)58-32-23-28-39(58)43(62)57-38(33-35-24-18-17-19-25-35)42(61)56-36(26-21-30-52-46(48)49)41(60)54-34(2)45(64)65/h17-19,24-25,34,36-39H,3-16,20-23,26-33H2,1-2H3,(H,54,60)(H,55,59)(H,56,61)(H,57,62)(H,64,65)(H4,48,49,52)(H4,50,51,53)/t34-,36-,37-,38-,39-/m0/s1. The van der Waals surface area contributed by atoms with Crippen molar-refractivity contribution in [1.82, 2.24) is 26.2 Å². The van der Waals surface area contributed by atoms with Crippen LogP contribution in [-0.4, -0.2) is 107 Å². The van der Waals surface area contributed by atoms with E-state index in [9.17, 15) is 33.9 Å². The molecule has 366 valence electrons. The predicted octanol–water partition coefficient (Wildman–Crippen LogP) is 3.63. The summed E-state index contributed by atoms with van der Waals surface area (Å²) in [6.07, 6.45) is 20.4. The first-order valence-electron chi connectivity index (χ1n) is 24.1. The van der Waals surface area contributed by atoms with Gasteiger partial charge in [0.25, 0.3) is 0 Å². The fraction of sp³-hybridized carbons (Fsp3) is 0.702. The van der Waals surface area contributed by atoms with Crippen LogP contribution in [0.1, 0.15) is 161 Å². The highest BCUT2D eigenvalue weighted by atomic mass is 16.4. The van der Waals surface area contributed by atoms with Crippen LogP contribution in [0.2, 0.25) is 0 Å². The summed E-state index contributed by atoms with van der Waals surface area (Å²) >= 11 is 0. The molecule has 1 fully saturated rings. The van der Waals surface area contributed by atoms with E-state index in [1.165, 1.54) is 82.5 Å². The predicted molar refractivity (Wildman–Crippen MR) is 255 cm³/mol. The smallest absolute Gasteiger partial charge is 0.325 e. The molecule has 1 aromatic rings. The van der Waals surface area contributed by atoms with Crippen LogP contribution in [0.15, 0.2) is 40.3 Å². The normalized spacial score (nSPS) is 15.2. The molecule has 0 spiro atoms. The highest BCUT2D eigenvalue weighted by Gasteiger charge is 2.39. The van der Waals surface area contributed by atoms with E-state index >= 15 is 0 Å². The van der Waals surface area contributed by atoms with Crippen LogP contribution in [-0.2, 0) is 35.2 Å². The molecule has 1 aliphatic heterocycles. The van der Waals surface area contributed by atoms with Crippen LogP contribution < -0.4 is 44.2 Å². The van der Waals surface area contributed by atoms with E-state index in [1.807, 2.05) is 6.07 Å². The molecule has 13 N–H and O–H groups in total. The first-order valence-corrected chi connectivity index (χ1v) is 24.1. The van der Waals surface area contributed by atoms with Crippen LogP contribution in [0.4, 0.5) is 0 Å². The minimum Gasteiger partial charge on any atom is -0.480 e. The van der Waals surface area contributed by atoms with E-state index in [0.717, 1.165) is 24.8 Å². The number of carbonyl (C=O) groups excluding carboxylic acids is 5. The van der Waals surface area contributed by atoms with Gasteiger partial charge in [-0.2, -0.15) is 0 Å². The number of hydrogen-bond donors (Lipinski definition) is 9. The molecule has 1 heterocycles. The maximum atomic E-state index is 14.2. The van der Waals surface area contributed by atoms with Crippen molar-refractivity contribution < 1.29 is 33.9 Å². The molecule has 0 radical (unpaired) electrons. The van der Waals surface area contributed by atoms with E-state index < -0.39 is 59.8 Å². The molecule has 18 nitrogen and oxygen atoms in total. The zero-order chi connectivity index (χ0) is 47.8. The first-order chi connectivity index (χ1) is 31.2. The summed E-state index contributed by atoms with van der Waals surface area (Å²) < 4.78 is 0. The van der Waals surface area contributed by atoms with Crippen molar-refractivity contribution in [2.24, 2.45) is 32.9 Å². The quantitative estimate of drug-likeness (QED) is 0.0269. The van der Waals surface area contributed by atoms with Gasteiger partial charge in [0.2, 0.25) is 29.5 Å². The Morgan fingerprint density at radius 3 is 1.69 bits per heavy atom. The molecule has 1 aliphatic rings. The number of carbonyl (C=O) groups is 6. The summed E-state index contributed by atoms with van der Waals surface area (Å²) in [6, 6.07) is 3.52. The van der Waals surface area contributed by atoms with Crippen molar-refractivity contribution in [2.75, 3.05) is 19.6 Å². The zero-order valence-electron chi connectivity index (χ0n) is 39.2. The Labute approximate surface area is 386 Å². The van der Waals surface area contributed by atoms with Crippen molar-refractivity contribution in [3.05, 3.63) is 35.9 Å². The summed E-state index contributed by atoms with van der Waals surface area (Å²) in [7, 11) is 0. The van der Waals surface area contributed by atoms with Gasteiger partial charge in [-0.15, -0.1) is 0 Å². The second-order valence-electron chi connectivity index (χ2n) is 17.3. The van der Waals surface area contributed by atoms with Gasteiger partial charge in [0, 0.05) is 32.5 Å². The first kappa shape index (κ1) is 55.7. The number of nitrogens with zero attached hydrogens (tertiary/aromatic N) is 3. The van der Waals surface area contributed by atoms with Crippen LogP contribution in [0.5, 0.6) is 0 Å². The summed E-state index contributed by atoms with van der Waals surface area (Å²) in [4.78, 5) is 89.8. The number of aliphatic imine (C=N–C) groups is 2. The molecule has 1 aromatic carbocycles. The lowest BCUT2D eigenvalue weighted by atomic mass is 10.0. The van der Waals surface area contributed by atoms with Crippen LogP contribution >= 0.6 is 0 Å². The molecule has 0 unspecified atom stereocenters. The molecular weight excluding hydrogens is 831 g/mol. The van der Waals surface area contributed by atoms with Crippen LogP contribution in [0.3, 0.4) is 0 Å². The van der Waals surface area contributed by atoms with Gasteiger partial charge in [-0.05, 0) is 57.4 Å². The second kappa shape index (κ2) is 33.1. The molecule has 1 saturated heterocycles. The van der Waals surface area contributed by atoms with Gasteiger partial charge in [0.15, 0.2) is 11.9 Å². The fourth-order valence-corrected chi connectivity index (χ4v) is 7.93. The average Bonchev–Trinajstić information content (AvgIpc) is 3.77. The maximum absolute atomic E-state index is 14.2. The second-order valence-corrected chi connectivity index (χ2v) is 17.3. The van der Waals surface area contributed by atoms with Crippen molar-refractivity contribution in [1.29, 1.82) is 0 Å². The summed E-state index contributed by atoms with van der Waals surface area (Å²) in [6.45, 7) is 4.22. The van der Waals surface area contributed by atoms with Gasteiger partial charge >= 0.3 is 5.97 Å². The van der Waals surface area contributed by atoms with Gasteiger partial charge in [0.1, 0.15) is 30.2 Å². The number of rotatable bonds is 35. The van der Waals surface area contributed by atoms with Gasteiger partial charge in [-0.3, -0.25) is 38.8 Å². The van der Waals surface area contributed by atoms with Crippen molar-refractivity contribution in [3.63, 3.8) is 0 Å². The summed E-state index contributed by atoms with van der Waals surface area (Å²) in [5, 5.41) is 20.2. The molecule has 0 bridgehead atoms. The minimum atomic E-state index is -1.26. The Hall–Kier alpha value is -5.42. The average molecular weight is 912 g/mol. The van der Waals surface area contributed by atoms with Gasteiger partial charge < -0.3 is 54.2 Å². The van der Waals surface area contributed by atoms with Gasteiger partial charge in [-0.25, -0.2) is 0 Å². The van der Waals surface area contributed by atoms with E-state index in [0.29, 0.717) is 25.7 Å². The van der Waals surface area contributed by atoms with E-state index in [4.69, 9.17) is 22.9 Å². The molecule has 0 saturated carbocycles.